The molecule has 4 rings (SSSR count). The number of rotatable bonds is 7. The molecule has 1 aliphatic heterocycles. The Bertz CT molecular complexity index is 1240. The molecule has 0 unspecified atom stereocenters. The fourth-order valence-electron chi connectivity index (χ4n) is 3.98. The van der Waals surface area contributed by atoms with Crippen LogP contribution in [-0.2, 0) is 9.53 Å². The summed E-state index contributed by atoms with van der Waals surface area (Å²) in [6.45, 7) is 4.47. The summed E-state index contributed by atoms with van der Waals surface area (Å²) in [6.07, 6.45) is 3.91. The zero-order valence-corrected chi connectivity index (χ0v) is 20.4. The average Bonchev–Trinajstić information content (AvgIpc) is 2.85. The fourth-order valence-corrected chi connectivity index (χ4v) is 3.98. The summed E-state index contributed by atoms with van der Waals surface area (Å²) in [6, 6.07) is 11.9. The number of aryl methyl sites for hydroxylation is 1. The van der Waals surface area contributed by atoms with E-state index in [0.29, 0.717) is 5.82 Å². The molecule has 0 radical (unpaired) electrons. The molecular formula is C27H31N5O3. The number of amides is 1. The second-order valence-corrected chi connectivity index (χ2v) is 8.69. The molecule has 1 saturated heterocycles. The van der Waals surface area contributed by atoms with Crippen molar-refractivity contribution < 1.29 is 14.3 Å². The van der Waals surface area contributed by atoms with Gasteiger partial charge in [-0.2, -0.15) is 0 Å². The van der Waals surface area contributed by atoms with Crippen molar-refractivity contribution in [3.63, 3.8) is 0 Å². The minimum absolute atomic E-state index is 0.0226. The van der Waals surface area contributed by atoms with Crippen LogP contribution in [0.15, 0.2) is 42.7 Å². The number of likely N-dealkylation sites (tertiary alicyclic amines) is 1. The van der Waals surface area contributed by atoms with E-state index in [1.807, 2.05) is 30.3 Å². The van der Waals surface area contributed by atoms with Crippen molar-refractivity contribution in [1.82, 2.24) is 20.2 Å². The zero-order chi connectivity index (χ0) is 24.6. The van der Waals surface area contributed by atoms with Gasteiger partial charge in [-0.1, -0.05) is 11.8 Å². The topological polar surface area (TPSA) is 88.6 Å². The maximum Gasteiger partial charge on any atom is 0.246 e. The number of benzene rings is 2. The molecule has 8 heteroatoms. The highest BCUT2D eigenvalue weighted by atomic mass is 16.5. The van der Waals surface area contributed by atoms with Crippen molar-refractivity contribution in [2.75, 3.05) is 45.7 Å². The van der Waals surface area contributed by atoms with Crippen molar-refractivity contribution in [2.45, 2.75) is 25.9 Å². The first-order valence-electron chi connectivity index (χ1n) is 11.7. The number of hydrogen-bond donors (Lipinski definition) is 2. The third kappa shape index (κ3) is 6.69. The van der Waals surface area contributed by atoms with Crippen LogP contribution in [0.2, 0.25) is 0 Å². The second kappa shape index (κ2) is 11.6. The minimum Gasteiger partial charge on any atom is -0.490 e. The molecule has 1 aliphatic rings. The first-order chi connectivity index (χ1) is 17.0. The number of methoxy groups -OCH3 is 1. The highest BCUT2D eigenvalue weighted by Gasteiger charge is 2.18. The summed E-state index contributed by atoms with van der Waals surface area (Å²) in [5.41, 5.74) is 3.64. The molecule has 2 heterocycles. The van der Waals surface area contributed by atoms with Gasteiger partial charge in [0.25, 0.3) is 0 Å². The molecule has 1 fully saturated rings. The zero-order valence-electron chi connectivity index (χ0n) is 20.4. The lowest BCUT2D eigenvalue weighted by atomic mass is 10.1. The second-order valence-electron chi connectivity index (χ2n) is 8.69. The van der Waals surface area contributed by atoms with Crippen LogP contribution in [-0.4, -0.2) is 67.3 Å². The highest BCUT2D eigenvalue weighted by molar-refractivity contribution is 5.91. The number of hydrogen-bond acceptors (Lipinski definition) is 7. The third-order valence-electron chi connectivity index (χ3n) is 5.91. The van der Waals surface area contributed by atoms with Crippen LogP contribution in [0.1, 0.15) is 24.0 Å². The molecule has 3 aromatic rings. The van der Waals surface area contributed by atoms with Crippen LogP contribution in [0.25, 0.3) is 10.9 Å². The molecule has 8 nitrogen and oxygen atoms in total. The predicted octanol–water partition coefficient (Wildman–Crippen LogP) is 3.27. The molecule has 0 aliphatic carbocycles. The quantitative estimate of drug-likeness (QED) is 0.509. The molecule has 2 N–H and O–H groups in total. The monoisotopic (exact) mass is 473 g/mol. The molecule has 0 atom stereocenters. The number of aromatic nitrogens is 2. The molecule has 182 valence electrons. The van der Waals surface area contributed by atoms with E-state index in [9.17, 15) is 4.79 Å². The van der Waals surface area contributed by atoms with E-state index < -0.39 is 0 Å². The van der Waals surface area contributed by atoms with Gasteiger partial charge >= 0.3 is 0 Å². The summed E-state index contributed by atoms with van der Waals surface area (Å²) in [5.74, 6) is 7.47. The molecule has 0 saturated carbocycles. The lowest BCUT2D eigenvalue weighted by Crippen LogP contribution is -2.35. The Labute approximate surface area is 206 Å². The van der Waals surface area contributed by atoms with E-state index in [2.05, 4.69) is 57.4 Å². The SMILES string of the molecule is COCC(=O)NCC#Cc1ccc2ncnc(Nc3ccc(OC4CCN(C)CC4)c(C)c3)c2c1. The number of ether oxygens (including phenoxy) is 2. The maximum atomic E-state index is 11.5. The first kappa shape index (κ1) is 24.5. The lowest BCUT2D eigenvalue weighted by molar-refractivity contribution is -0.124. The Balaban J connectivity index is 1.46. The van der Waals surface area contributed by atoms with E-state index in [1.54, 1.807) is 6.33 Å². The van der Waals surface area contributed by atoms with Crippen molar-refractivity contribution in [1.29, 1.82) is 0 Å². The van der Waals surface area contributed by atoms with Gasteiger partial charge in [0.15, 0.2) is 0 Å². The normalized spacial score (nSPS) is 14.3. The summed E-state index contributed by atoms with van der Waals surface area (Å²) in [4.78, 5) is 22.6. The van der Waals surface area contributed by atoms with Gasteiger partial charge in [0.1, 0.15) is 30.6 Å². The first-order valence-corrected chi connectivity index (χ1v) is 11.7. The fraction of sp³-hybridized carbons (Fsp3) is 0.370. The average molecular weight is 474 g/mol. The predicted molar refractivity (Wildman–Crippen MR) is 137 cm³/mol. The molecule has 35 heavy (non-hydrogen) atoms. The van der Waals surface area contributed by atoms with Gasteiger partial charge in [0.05, 0.1) is 12.1 Å². The number of anilines is 2. The highest BCUT2D eigenvalue weighted by Crippen LogP contribution is 2.29. The van der Waals surface area contributed by atoms with Crippen LogP contribution in [0, 0.1) is 18.8 Å². The van der Waals surface area contributed by atoms with Crippen LogP contribution in [0.5, 0.6) is 5.75 Å². The minimum atomic E-state index is -0.196. The number of nitrogens with zero attached hydrogens (tertiary/aromatic N) is 3. The van der Waals surface area contributed by atoms with Crippen LogP contribution >= 0.6 is 0 Å². The Hall–Kier alpha value is -3.67. The maximum absolute atomic E-state index is 11.5. The van der Waals surface area contributed by atoms with Crippen molar-refractivity contribution in [3.8, 4) is 17.6 Å². The van der Waals surface area contributed by atoms with Gasteiger partial charge in [-0.15, -0.1) is 0 Å². The van der Waals surface area contributed by atoms with E-state index in [1.165, 1.54) is 7.11 Å². The molecule has 0 bridgehead atoms. The van der Waals surface area contributed by atoms with E-state index >= 15 is 0 Å². The summed E-state index contributed by atoms with van der Waals surface area (Å²) < 4.78 is 11.1. The van der Waals surface area contributed by atoms with Crippen molar-refractivity contribution in [3.05, 3.63) is 53.9 Å². The van der Waals surface area contributed by atoms with E-state index in [4.69, 9.17) is 9.47 Å². The van der Waals surface area contributed by atoms with Gasteiger partial charge in [-0.05, 0) is 68.8 Å². The molecule has 0 spiro atoms. The number of nitrogens with one attached hydrogen (secondary N) is 2. The summed E-state index contributed by atoms with van der Waals surface area (Å²) in [5, 5.41) is 6.97. The molecule has 2 aromatic carbocycles. The standard InChI is InChI=1S/C27H31N5O3/c1-19-15-21(7-9-25(19)35-22-10-13-32(2)14-11-22)31-27-23-16-20(6-8-24(23)29-18-30-27)5-4-12-28-26(33)17-34-3/h6-9,15-16,18,22H,10-14,17H2,1-3H3,(H,28,33)(H,29,30,31). The Kier molecular flexibility index (Phi) is 8.14. The lowest BCUT2D eigenvalue weighted by Gasteiger charge is -2.29. The van der Waals surface area contributed by atoms with Crippen LogP contribution in [0.3, 0.4) is 0 Å². The molecule has 1 aromatic heterocycles. The third-order valence-corrected chi connectivity index (χ3v) is 5.91. The van der Waals surface area contributed by atoms with Gasteiger partial charge in [0, 0.05) is 36.8 Å². The van der Waals surface area contributed by atoms with Gasteiger partial charge in [0.2, 0.25) is 5.91 Å². The number of carbonyl (C=O) groups is 1. The smallest absolute Gasteiger partial charge is 0.246 e. The van der Waals surface area contributed by atoms with Crippen LogP contribution < -0.4 is 15.4 Å². The molecule has 1 amide bonds. The van der Waals surface area contributed by atoms with Gasteiger partial charge < -0.3 is 25.0 Å². The van der Waals surface area contributed by atoms with Crippen molar-refractivity contribution in [2.24, 2.45) is 0 Å². The van der Waals surface area contributed by atoms with Crippen LogP contribution in [0.4, 0.5) is 11.5 Å². The van der Waals surface area contributed by atoms with Crippen molar-refractivity contribution >= 4 is 28.3 Å². The summed E-state index contributed by atoms with van der Waals surface area (Å²) >= 11 is 0. The van der Waals surface area contributed by atoms with E-state index in [-0.39, 0.29) is 25.2 Å². The Morgan fingerprint density at radius 2 is 2.00 bits per heavy atom. The number of piperidine rings is 1. The van der Waals surface area contributed by atoms with E-state index in [0.717, 1.165) is 59.4 Å². The number of fused-ring (bicyclic) bond motifs is 1. The largest absolute Gasteiger partial charge is 0.490 e. The summed E-state index contributed by atoms with van der Waals surface area (Å²) in [7, 11) is 3.63. The number of carbonyl (C=O) groups excluding carboxylic acids is 1. The van der Waals surface area contributed by atoms with Gasteiger partial charge in [-0.25, -0.2) is 9.97 Å². The van der Waals surface area contributed by atoms with Gasteiger partial charge in [-0.3, -0.25) is 4.79 Å². The molecular weight excluding hydrogens is 442 g/mol. The Morgan fingerprint density at radius 3 is 2.77 bits per heavy atom. The Morgan fingerprint density at radius 1 is 1.17 bits per heavy atom.